The number of aromatic nitrogens is 2. The third-order valence-electron chi connectivity index (χ3n) is 5.03. The Morgan fingerprint density at radius 1 is 1.03 bits per heavy atom. The van der Waals surface area contributed by atoms with Crippen LogP contribution in [0.3, 0.4) is 0 Å². The van der Waals surface area contributed by atoms with E-state index in [2.05, 4.69) is 10.4 Å². The third-order valence-corrected chi connectivity index (χ3v) is 6.00. The van der Waals surface area contributed by atoms with Gasteiger partial charge in [-0.05, 0) is 57.2 Å². The maximum Gasteiger partial charge on any atom is 0.257 e. The molecule has 0 saturated carbocycles. The average molecular weight is 472 g/mol. The highest BCUT2D eigenvalue weighted by atomic mass is 32.2. The molecule has 1 N–H and O–H groups in total. The monoisotopic (exact) mass is 471 g/mol. The Bertz CT molecular complexity index is 1120. The number of ether oxygens (including phenoxy) is 3. The van der Waals surface area contributed by atoms with Crippen LogP contribution in [-0.2, 0) is 11.5 Å². The molecule has 1 aliphatic rings. The van der Waals surface area contributed by atoms with Gasteiger partial charge in [0.05, 0.1) is 31.2 Å². The van der Waals surface area contributed by atoms with Gasteiger partial charge in [0, 0.05) is 22.6 Å². The van der Waals surface area contributed by atoms with Crippen molar-refractivity contribution < 1.29 is 23.4 Å². The molecule has 1 aromatic heterocycles. The number of thioether (sulfide) groups is 1. The summed E-state index contributed by atoms with van der Waals surface area (Å²) >= 11 is 1.73. The smallest absolute Gasteiger partial charge is 0.257 e. The van der Waals surface area contributed by atoms with Crippen LogP contribution in [0.5, 0.6) is 17.2 Å². The standard InChI is InChI=1S/C24H26FN3O4S/c1-4-30-20-11-15(12-21(31-5-2)22(20)32-6-3)24(29)26-23-18-13-33-14-19(18)27-28(23)17-9-7-16(25)8-10-17/h7-12H,4-6,13-14H2,1-3H3,(H,26,29). The van der Waals surface area contributed by atoms with Crippen LogP contribution in [0.15, 0.2) is 36.4 Å². The molecule has 0 bridgehead atoms. The van der Waals surface area contributed by atoms with Crippen molar-refractivity contribution in [3.8, 4) is 22.9 Å². The first-order valence-corrected chi connectivity index (χ1v) is 12.0. The lowest BCUT2D eigenvalue weighted by atomic mass is 10.1. The molecule has 0 fully saturated rings. The van der Waals surface area contributed by atoms with E-state index >= 15 is 0 Å². The quantitative estimate of drug-likeness (QED) is 0.462. The van der Waals surface area contributed by atoms with E-state index in [0.717, 1.165) is 22.8 Å². The van der Waals surface area contributed by atoms with Crippen molar-refractivity contribution in [2.45, 2.75) is 32.3 Å². The molecule has 174 valence electrons. The minimum absolute atomic E-state index is 0.331. The number of rotatable bonds is 9. The Morgan fingerprint density at radius 3 is 2.27 bits per heavy atom. The predicted octanol–water partition coefficient (Wildman–Crippen LogP) is 5.21. The fourth-order valence-electron chi connectivity index (χ4n) is 3.61. The van der Waals surface area contributed by atoms with Crippen LogP contribution in [0.2, 0.25) is 0 Å². The zero-order chi connectivity index (χ0) is 23.4. The summed E-state index contributed by atoms with van der Waals surface area (Å²) in [4.78, 5) is 13.4. The third kappa shape index (κ3) is 4.78. The molecule has 0 spiro atoms. The van der Waals surface area contributed by atoms with Gasteiger partial charge >= 0.3 is 0 Å². The van der Waals surface area contributed by atoms with Gasteiger partial charge in [0.15, 0.2) is 11.5 Å². The number of fused-ring (bicyclic) bond motifs is 1. The zero-order valence-corrected chi connectivity index (χ0v) is 19.6. The Morgan fingerprint density at radius 2 is 1.67 bits per heavy atom. The summed E-state index contributed by atoms with van der Waals surface area (Å²) in [6.45, 7) is 6.88. The molecule has 4 rings (SSSR count). The van der Waals surface area contributed by atoms with Crippen molar-refractivity contribution in [1.29, 1.82) is 0 Å². The largest absolute Gasteiger partial charge is 0.490 e. The summed E-state index contributed by atoms with van der Waals surface area (Å²) in [5.74, 6) is 2.79. The van der Waals surface area contributed by atoms with Gasteiger partial charge in [-0.2, -0.15) is 16.9 Å². The first-order valence-electron chi connectivity index (χ1n) is 10.9. The number of nitrogens with one attached hydrogen (secondary N) is 1. The van der Waals surface area contributed by atoms with Gasteiger partial charge in [0.1, 0.15) is 11.6 Å². The van der Waals surface area contributed by atoms with Crippen molar-refractivity contribution >= 4 is 23.5 Å². The van der Waals surface area contributed by atoms with Crippen LogP contribution in [-0.4, -0.2) is 35.5 Å². The van der Waals surface area contributed by atoms with Crippen LogP contribution >= 0.6 is 11.8 Å². The zero-order valence-electron chi connectivity index (χ0n) is 18.8. The molecule has 33 heavy (non-hydrogen) atoms. The van der Waals surface area contributed by atoms with Crippen molar-refractivity contribution in [2.24, 2.45) is 0 Å². The number of halogens is 1. The SMILES string of the molecule is CCOc1cc(C(=O)Nc2c3c(nn2-c2ccc(F)cc2)CSC3)cc(OCC)c1OCC. The van der Waals surface area contributed by atoms with Gasteiger partial charge in [-0.25, -0.2) is 9.07 Å². The van der Waals surface area contributed by atoms with Crippen LogP contribution in [0.1, 0.15) is 42.4 Å². The van der Waals surface area contributed by atoms with E-state index in [1.807, 2.05) is 20.8 Å². The summed E-state index contributed by atoms with van der Waals surface area (Å²) in [6.07, 6.45) is 0. The highest BCUT2D eigenvalue weighted by Gasteiger charge is 2.26. The maximum absolute atomic E-state index is 13.4. The molecule has 0 atom stereocenters. The second-order valence-corrected chi connectivity index (χ2v) is 8.20. The molecule has 0 unspecified atom stereocenters. The van der Waals surface area contributed by atoms with Gasteiger partial charge < -0.3 is 19.5 Å². The highest BCUT2D eigenvalue weighted by molar-refractivity contribution is 7.98. The molecule has 9 heteroatoms. The van der Waals surface area contributed by atoms with E-state index in [1.165, 1.54) is 12.1 Å². The summed E-state index contributed by atoms with van der Waals surface area (Å²) in [6, 6.07) is 9.32. The number of carbonyl (C=O) groups excluding carboxylic acids is 1. The van der Waals surface area contributed by atoms with Crippen LogP contribution in [0, 0.1) is 5.82 Å². The van der Waals surface area contributed by atoms with E-state index in [1.54, 1.807) is 40.7 Å². The van der Waals surface area contributed by atoms with Gasteiger partial charge in [-0.1, -0.05) is 0 Å². The first-order chi connectivity index (χ1) is 16.0. The Balaban J connectivity index is 1.72. The summed E-state index contributed by atoms with van der Waals surface area (Å²) in [5, 5.41) is 7.67. The number of amides is 1. The fourth-order valence-corrected chi connectivity index (χ4v) is 4.64. The Labute approximate surface area is 196 Å². The average Bonchev–Trinajstić information content (AvgIpc) is 3.39. The molecule has 2 heterocycles. The number of anilines is 1. The molecule has 3 aromatic rings. The van der Waals surface area contributed by atoms with Crippen LogP contribution in [0.4, 0.5) is 10.2 Å². The molecule has 0 saturated heterocycles. The van der Waals surface area contributed by atoms with Gasteiger partial charge in [0.25, 0.3) is 5.91 Å². The van der Waals surface area contributed by atoms with E-state index in [0.29, 0.717) is 54.1 Å². The van der Waals surface area contributed by atoms with E-state index in [-0.39, 0.29) is 11.7 Å². The second-order valence-electron chi connectivity index (χ2n) is 7.21. The van der Waals surface area contributed by atoms with Gasteiger partial charge in [0.2, 0.25) is 5.75 Å². The Kier molecular flexibility index (Phi) is 7.08. The van der Waals surface area contributed by atoms with Gasteiger partial charge in [-0.3, -0.25) is 4.79 Å². The molecule has 2 aromatic carbocycles. The molecule has 1 aliphatic heterocycles. The van der Waals surface area contributed by atoms with Crippen molar-refractivity contribution in [3.63, 3.8) is 0 Å². The topological polar surface area (TPSA) is 74.6 Å². The van der Waals surface area contributed by atoms with Crippen molar-refractivity contribution in [1.82, 2.24) is 9.78 Å². The van der Waals surface area contributed by atoms with Crippen molar-refractivity contribution in [3.05, 3.63) is 59.0 Å². The lowest BCUT2D eigenvalue weighted by molar-refractivity contribution is 0.102. The normalized spacial score (nSPS) is 12.4. The molecule has 7 nitrogen and oxygen atoms in total. The number of nitrogens with zero attached hydrogens (tertiary/aromatic N) is 2. The van der Waals surface area contributed by atoms with E-state index < -0.39 is 0 Å². The number of carbonyl (C=O) groups is 1. The van der Waals surface area contributed by atoms with Gasteiger partial charge in [-0.15, -0.1) is 0 Å². The fraction of sp³-hybridized carbons (Fsp3) is 0.333. The predicted molar refractivity (Wildman–Crippen MR) is 126 cm³/mol. The Hall–Kier alpha value is -3.20. The first kappa shape index (κ1) is 23.0. The molecule has 0 radical (unpaired) electrons. The molecule has 0 aliphatic carbocycles. The number of hydrogen-bond acceptors (Lipinski definition) is 6. The lowest BCUT2D eigenvalue weighted by Crippen LogP contribution is -2.17. The maximum atomic E-state index is 13.4. The minimum atomic E-state index is -0.333. The molecular formula is C24H26FN3O4S. The van der Waals surface area contributed by atoms with Crippen molar-refractivity contribution in [2.75, 3.05) is 25.1 Å². The van der Waals surface area contributed by atoms with E-state index in [4.69, 9.17) is 14.2 Å². The summed E-state index contributed by atoms with van der Waals surface area (Å²) < 4.78 is 32.3. The van der Waals surface area contributed by atoms with Crippen LogP contribution < -0.4 is 19.5 Å². The molecular weight excluding hydrogens is 445 g/mol. The number of hydrogen-bond donors (Lipinski definition) is 1. The van der Waals surface area contributed by atoms with Crippen LogP contribution in [0.25, 0.3) is 5.69 Å². The summed E-state index contributed by atoms with van der Waals surface area (Å²) in [7, 11) is 0. The van der Waals surface area contributed by atoms with E-state index in [9.17, 15) is 9.18 Å². The molecule has 1 amide bonds. The highest BCUT2D eigenvalue weighted by Crippen LogP contribution is 2.40. The number of benzene rings is 2. The minimum Gasteiger partial charge on any atom is -0.490 e. The second kappa shape index (κ2) is 10.2. The lowest BCUT2D eigenvalue weighted by Gasteiger charge is -2.17. The summed E-state index contributed by atoms with van der Waals surface area (Å²) in [5.41, 5.74) is 2.93.